The van der Waals surface area contributed by atoms with Gasteiger partial charge in [0.25, 0.3) is 5.91 Å². The van der Waals surface area contributed by atoms with Gasteiger partial charge in [0, 0.05) is 6.54 Å². The Morgan fingerprint density at radius 1 is 1.03 bits per heavy atom. The van der Waals surface area contributed by atoms with Crippen LogP contribution in [-0.4, -0.2) is 38.0 Å². The molecule has 0 bridgehead atoms. The average molecular weight is 478 g/mol. The number of nitrogens with zero attached hydrogens (tertiary/aromatic N) is 2. The van der Waals surface area contributed by atoms with Crippen LogP contribution in [0.25, 0.3) is 0 Å². The van der Waals surface area contributed by atoms with E-state index in [1.54, 1.807) is 54.6 Å². The minimum Gasteiger partial charge on any atom is -0.490 e. The van der Waals surface area contributed by atoms with Crippen LogP contribution in [0.15, 0.2) is 102 Å². The zero-order valence-corrected chi connectivity index (χ0v) is 19.7. The smallest absolute Gasteiger partial charge is 0.255 e. The van der Waals surface area contributed by atoms with Crippen molar-refractivity contribution in [3.8, 4) is 5.75 Å². The first kappa shape index (κ1) is 24.9. The highest BCUT2D eigenvalue weighted by Crippen LogP contribution is 2.19. The van der Waals surface area contributed by atoms with Crippen LogP contribution in [0.5, 0.6) is 5.75 Å². The number of carbonyl (C=O) groups excluding carboxylic acids is 1. The van der Waals surface area contributed by atoms with E-state index in [2.05, 4.69) is 17.1 Å². The number of ether oxygens (including phenoxy) is 1. The van der Waals surface area contributed by atoms with Crippen molar-refractivity contribution in [2.24, 2.45) is 5.10 Å². The number of aryl methyl sites for hydroxylation is 1. The maximum atomic E-state index is 13.3. The molecule has 0 saturated heterocycles. The molecule has 0 saturated carbocycles. The Kier molecular flexibility index (Phi) is 8.73. The van der Waals surface area contributed by atoms with Gasteiger partial charge in [-0.15, -0.1) is 0 Å². The van der Waals surface area contributed by atoms with Crippen molar-refractivity contribution in [1.29, 1.82) is 0 Å². The summed E-state index contributed by atoms with van der Waals surface area (Å²) in [5.41, 5.74) is 4.88. The topological polar surface area (TPSA) is 88.1 Å². The molecule has 0 aliphatic carbocycles. The van der Waals surface area contributed by atoms with E-state index in [0.29, 0.717) is 12.4 Å². The summed E-state index contributed by atoms with van der Waals surface area (Å²) in [5, 5.41) is 3.96. The molecule has 0 atom stereocenters. The minimum absolute atomic E-state index is 0.0559. The van der Waals surface area contributed by atoms with Crippen LogP contribution in [0.1, 0.15) is 16.7 Å². The molecule has 3 aromatic rings. The molecule has 34 heavy (non-hydrogen) atoms. The Labute approximate surface area is 200 Å². The highest BCUT2D eigenvalue weighted by molar-refractivity contribution is 7.89. The second-order valence-electron chi connectivity index (χ2n) is 7.53. The Morgan fingerprint density at radius 3 is 2.35 bits per heavy atom. The predicted molar refractivity (Wildman–Crippen MR) is 133 cm³/mol. The van der Waals surface area contributed by atoms with Gasteiger partial charge in [-0.1, -0.05) is 60.7 Å². The zero-order chi connectivity index (χ0) is 24.4. The summed E-state index contributed by atoms with van der Waals surface area (Å²) in [6, 6.07) is 22.8. The van der Waals surface area contributed by atoms with E-state index >= 15 is 0 Å². The van der Waals surface area contributed by atoms with Crippen molar-refractivity contribution in [1.82, 2.24) is 9.73 Å². The number of carbonyl (C=O) groups is 1. The van der Waals surface area contributed by atoms with Gasteiger partial charge in [-0.25, -0.2) is 13.8 Å². The van der Waals surface area contributed by atoms with Crippen LogP contribution in [0, 0.1) is 6.92 Å². The third kappa shape index (κ3) is 7.13. The van der Waals surface area contributed by atoms with Gasteiger partial charge in [0.1, 0.15) is 12.4 Å². The van der Waals surface area contributed by atoms with E-state index < -0.39 is 15.9 Å². The Balaban J connectivity index is 1.70. The van der Waals surface area contributed by atoms with Crippen molar-refractivity contribution in [2.45, 2.75) is 18.4 Å². The molecule has 0 aromatic heterocycles. The number of amides is 1. The monoisotopic (exact) mass is 477 g/mol. The van der Waals surface area contributed by atoms with E-state index in [4.69, 9.17) is 4.74 Å². The third-order valence-electron chi connectivity index (χ3n) is 4.83. The zero-order valence-electron chi connectivity index (χ0n) is 18.9. The second-order valence-corrected chi connectivity index (χ2v) is 9.47. The number of sulfonamides is 1. The number of hydrogen-bond donors (Lipinski definition) is 1. The van der Waals surface area contributed by atoms with Gasteiger partial charge >= 0.3 is 0 Å². The molecule has 1 N–H and O–H groups in total. The third-order valence-corrected chi connectivity index (χ3v) is 6.64. The summed E-state index contributed by atoms with van der Waals surface area (Å²) in [4.78, 5) is 12.7. The van der Waals surface area contributed by atoms with E-state index in [0.717, 1.165) is 21.0 Å². The molecule has 1 amide bonds. The summed E-state index contributed by atoms with van der Waals surface area (Å²) in [6.45, 7) is 5.57. The standard InChI is InChI=1S/C26H27N3O4S/c1-3-17-33-24-13-11-22(12-14-24)18-27-28-26(30)20-29(19-23-7-5-4-6-8-23)34(31,32)25-15-9-21(2)10-16-25/h3-16,18H,1,17,19-20H2,2H3,(H,28,30)/b27-18-. The Hall–Kier alpha value is -3.75. The quantitative estimate of drug-likeness (QED) is 0.258. The fraction of sp³-hybridized carbons (Fsp3) is 0.154. The molecule has 176 valence electrons. The number of hydrogen-bond acceptors (Lipinski definition) is 5. The Morgan fingerprint density at radius 2 is 1.71 bits per heavy atom. The lowest BCUT2D eigenvalue weighted by molar-refractivity contribution is -0.121. The average Bonchev–Trinajstić information content (AvgIpc) is 2.84. The lowest BCUT2D eigenvalue weighted by atomic mass is 10.2. The van der Waals surface area contributed by atoms with Crippen LogP contribution < -0.4 is 10.2 Å². The van der Waals surface area contributed by atoms with Gasteiger partial charge in [-0.2, -0.15) is 9.41 Å². The molecule has 3 rings (SSSR count). The molecule has 0 fully saturated rings. The maximum Gasteiger partial charge on any atom is 0.255 e. The summed E-state index contributed by atoms with van der Waals surface area (Å²) in [5.74, 6) is 0.146. The molecular formula is C26H27N3O4S. The Bertz CT molecular complexity index is 1220. The van der Waals surface area contributed by atoms with Gasteiger partial charge in [0.05, 0.1) is 17.7 Å². The fourth-order valence-corrected chi connectivity index (χ4v) is 4.44. The first-order chi connectivity index (χ1) is 16.4. The van der Waals surface area contributed by atoms with E-state index in [1.807, 2.05) is 37.3 Å². The fourth-order valence-electron chi connectivity index (χ4n) is 3.05. The summed E-state index contributed by atoms with van der Waals surface area (Å²) >= 11 is 0. The molecule has 0 aliphatic rings. The molecule has 3 aromatic carbocycles. The van der Waals surface area contributed by atoms with E-state index in [-0.39, 0.29) is 18.0 Å². The molecule has 7 nitrogen and oxygen atoms in total. The van der Waals surface area contributed by atoms with Crippen molar-refractivity contribution < 1.29 is 17.9 Å². The van der Waals surface area contributed by atoms with Crippen LogP contribution in [0.2, 0.25) is 0 Å². The normalized spacial score (nSPS) is 11.5. The van der Waals surface area contributed by atoms with Crippen molar-refractivity contribution in [3.63, 3.8) is 0 Å². The highest BCUT2D eigenvalue weighted by Gasteiger charge is 2.26. The lowest BCUT2D eigenvalue weighted by Gasteiger charge is -2.21. The predicted octanol–water partition coefficient (Wildman–Crippen LogP) is 3.90. The lowest BCUT2D eigenvalue weighted by Crippen LogP contribution is -2.39. The van der Waals surface area contributed by atoms with Crippen LogP contribution >= 0.6 is 0 Å². The SMILES string of the molecule is C=CCOc1ccc(/C=N\NC(=O)CN(Cc2ccccc2)S(=O)(=O)c2ccc(C)cc2)cc1. The number of rotatable bonds is 11. The van der Waals surface area contributed by atoms with E-state index in [9.17, 15) is 13.2 Å². The second kappa shape index (κ2) is 11.9. The summed E-state index contributed by atoms with van der Waals surface area (Å²) in [6.07, 6.45) is 3.14. The van der Waals surface area contributed by atoms with Gasteiger partial charge in [0.15, 0.2) is 0 Å². The highest BCUT2D eigenvalue weighted by atomic mass is 32.2. The minimum atomic E-state index is -3.90. The van der Waals surface area contributed by atoms with Crippen molar-refractivity contribution in [3.05, 3.63) is 108 Å². The van der Waals surface area contributed by atoms with Crippen LogP contribution in [0.3, 0.4) is 0 Å². The number of hydrazone groups is 1. The van der Waals surface area contributed by atoms with Crippen LogP contribution in [-0.2, 0) is 21.4 Å². The summed E-state index contributed by atoms with van der Waals surface area (Å²) in [7, 11) is -3.90. The maximum absolute atomic E-state index is 13.3. The van der Waals surface area contributed by atoms with Crippen LogP contribution in [0.4, 0.5) is 0 Å². The largest absolute Gasteiger partial charge is 0.490 e. The number of nitrogens with one attached hydrogen (secondary N) is 1. The molecular weight excluding hydrogens is 450 g/mol. The van der Waals surface area contributed by atoms with Gasteiger partial charge in [0.2, 0.25) is 10.0 Å². The first-order valence-electron chi connectivity index (χ1n) is 10.6. The van der Waals surface area contributed by atoms with Crippen molar-refractivity contribution in [2.75, 3.05) is 13.2 Å². The number of benzene rings is 3. The first-order valence-corrected chi connectivity index (χ1v) is 12.1. The van der Waals surface area contributed by atoms with Gasteiger partial charge in [-0.3, -0.25) is 4.79 Å². The molecule has 0 aliphatic heterocycles. The molecule has 0 unspecified atom stereocenters. The molecule has 0 radical (unpaired) electrons. The van der Waals surface area contributed by atoms with Gasteiger partial charge in [-0.05, 0) is 54.4 Å². The van der Waals surface area contributed by atoms with Gasteiger partial charge < -0.3 is 4.74 Å². The summed E-state index contributed by atoms with van der Waals surface area (Å²) < 4.78 is 33.1. The molecule has 0 spiro atoms. The van der Waals surface area contributed by atoms with E-state index in [1.165, 1.54) is 6.21 Å². The van der Waals surface area contributed by atoms with Crippen molar-refractivity contribution >= 4 is 22.1 Å². The molecule has 0 heterocycles. The molecule has 8 heteroatoms.